The minimum absolute atomic E-state index is 0.0772. The van der Waals surface area contributed by atoms with Crippen LogP contribution in [0.15, 0.2) is 12.4 Å². The van der Waals surface area contributed by atoms with E-state index < -0.39 is 0 Å². The number of hydrogen-bond donors (Lipinski definition) is 0. The molecule has 1 aromatic rings. The number of carbonyl (C=O) groups is 1. The van der Waals surface area contributed by atoms with Crippen LogP contribution in [-0.2, 0) is 23.0 Å². The van der Waals surface area contributed by atoms with Gasteiger partial charge in [0, 0.05) is 33.4 Å². The van der Waals surface area contributed by atoms with Crippen molar-refractivity contribution in [3.8, 4) is 0 Å². The fourth-order valence-corrected chi connectivity index (χ4v) is 2.27. The summed E-state index contributed by atoms with van der Waals surface area (Å²) in [4.78, 5) is 13.9. The molecular weight excluding hydrogens is 230 g/mol. The van der Waals surface area contributed by atoms with Gasteiger partial charge < -0.3 is 9.64 Å². The molecule has 0 saturated carbocycles. The fourth-order valence-electron chi connectivity index (χ4n) is 2.27. The molecule has 1 atom stereocenters. The first-order valence-corrected chi connectivity index (χ1v) is 6.47. The van der Waals surface area contributed by atoms with E-state index in [1.165, 1.54) is 5.56 Å². The molecule has 0 bridgehead atoms. The Kier molecular flexibility index (Phi) is 4.36. The van der Waals surface area contributed by atoms with Crippen LogP contribution in [0.3, 0.4) is 0 Å². The van der Waals surface area contributed by atoms with Crippen LogP contribution in [-0.4, -0.2) is 47.4 Å². The number of ether oxygens (including phenoxy) is 1. The molecule has 0 aliphatic carbocycles. The number of rotatable bonds is 5. The summed E-state index contributed by atoms with van der Waals surface area (Å²) in [7, 11) is 3.79. The molecule has 5 nitrogen and oxygen atoms in total. The molecule has 0 spiro atoms. The van der Waals surface area contributed by atoms with Crippen LogP contribution in [0.25, 0.3) is 0 Å². The van der Waals surface area contributed by atoms with E-state index in [0.717, 1.165) is 32.4 Å². The van der Waals surface area contributed by atoms with Crippen LogP contribution in [0.1, 0.15) is 18.4 Å². The van der Waals surface area contributed by atoms with Crippen LogP contribution in [0.2, 0.25) is 0 Å². The highest BCUT2D eigenvalue weighted by molar-refractivity contribution is 5.78. The number of hydrogen-bond acceptors (Lipinski definition) is 3. The molecular formula is C13H21N3O2. The van der Waals surface area contributed by atoms with Crippen LogP contribution >= 0.6 is 0 Å². The molecule has 0 radical (unpaired) electrons. The van der Waals surface area contributed by atoms with Crippen LogP contribution in [0.5, 0.6) is 0 Å². The fraction of sp³-hybridized carbons (Fsp3) is 0.692. The van der Waals surface area contributed by atoms with E-state index in [-0.39, 0.29) is 11.8 Å². The first-order chi connectivity index (χ1) is 8.66. The molecule has 1 amide bonds. The van der Waals surface area contributed by atoms with Gasteiger partial charge in [-0.3, -0.25) is 9.48 Å². The Morgan fingerprint density at radius 3 is 3.11 bits per heavy atom. The van der Waals surface area contributed by atoms with Crippen molar-refractivity contribution >= 4 is 5.91 Å². The number of nitrogens with zero attached hydrogens (tertiary/aromatic N) is 3. The zero-order chi connectivity index (χ0) is 13.0. The van der Waals surface area contributed by atoms with Crippen molar-refractivity contribution in [2.24, 2.45) is 13.0 Å². The second-order valence-corrected chi connectivity index (χ2v) is 4.95. The van der Waals surface area contributed by atoms with Gasteiger partial charge in [-0.25, -0.2) is 0 Å². The quantitative estimate of drug-likeness (QED) is 0.779. The Balaban J connectivity index is 1.70. The minimum Gasteiger partial charge on any atom is -0.381 e. The van der Waals surface area contributed by atoms with E-state index in [0.29, 0.717) is 6.61 Å². The standard InChI is InChI=1S/C13H21N3O2/c1-15(13(17)12-5-7-18-10-12)6-3-4-11-8-14-16(2)9-11/h8-9,12H,3-7,10H2,1-2H3/t12-/m0/s1. The summed E-state index contributed by atoms with van der Waals surface area (Å²) < 4.78 is 7.05. The van der Waals surface area contributed by atoms with Gasteiger partial charge in [0.1, 0.15) is 0 Å². The number of amides is 1. The molecule has 0 N–H and O–H groups in total. The summed E-state index contributed by atoms with van der Waals surface area (Å²) >= 11 is 0. The Bertz CT molecular complexity index is 397. The van der Waals surface area contributed by atoms with Gasteiger partial charge in [-0.1, -0.05) is 0 Å². The van der Waals surface area contributed by atoms with Gasteiger partial charge >= 0.3 is 0 Å². The first kappa shape index (κ1) is 13.1. The van der Waals surface area contributed by atoms with E-state index in [1.54, 1.807) is 4.68 Å². The lowest BCUT2D eigenvalue weighted by Gasteiger charge is -2.20. The van der Waals surface area contributed by atoms with Gasteiger partial charge in [0.15, 0.2) is 0 Å². The summed E-state index contributed by atoms with van der Waals surface area (Å²) in [5, 5.41) is 4.13. The molecule has 1 fully saturated rings. The molecule has 5 heteroatoms. The third-order valence-corrected chi connectivity index (χ3v) is 3.37. The second-order valence-electron chi connectivity index (χ2n) is 4.95. The lowest BCUT2D eigenvalue weighted by atomic mass is 10.1. The molecule has 0 aromatic carbocycles. The number of aryl methyl sites for hydroxylation is 2. The molecule has 1 aliphatic heterocycles. The predicted octanol–water partition coefficient (Wildman–Crippen LogP) is 0.848. The van der Waals surface area contributed by atoms with Crippen molar-refractivity contribution in [1.29, 1.82) is 0 Å². The summed E-state index contributed by atoms with van der Waals surface area (Å²) in [6.45, 7) is 2.11. The summed E-state index contributed by atoms with van der Waals surface area (Å²) in [5.41, 5.74) is 1.22. The van der Waals surface area contributed by atoms with E-state index in [2.05, 4.69) is 5.10 Å². The van der Waals surface area contributed by atoms with E-state index in [4.69, 9.17) is 4.74 Å². The van der Waals surface area contributed by atoms with Gasteiger partial charge in [0.2, 0.25) is 5.91 Å². The first-order valence-electron chi connectivity index (χ1n) is 6.47. The van der Waals surface area contributed by atoms with Crippen molar-refractivity contribution in [2.45, 2.75) is 19.3 Å². The highest BCUT2D eigenvalue weighted by atomic mass is 16.5. The predicted molar refractivity (Wildman–Crippen MR) is 68.1 cm³/mol. The number of aromatic nitrogens is 2. The molecule has 1 aliphatic rings. The second kappa shape index (κ2) is 6.00. The van der Waals surface area contributed by atoms with Crippen LogP contribution in [0, 0.1) is 5.92 Å². The van der Waals surface area contributed by atoms with Gasteiger partial charge in [-0.15, -0.1) is 0 Å². The van der Waals surface area contributed by atoms with Crippen LogP contribution < -0.4 is 0 Å². The largest absolute Gasteiger partial charge is 0.381 e. The maximum absolute atomic E-state index is 12.0. The van der Waals surface area contributed by atoms with Crippen molar-refractivity contribution in [3.05, 3.63) is 18.0 Å². The van der Waals surface area contributed by atoms with Gasteiger partial charge in [0.05, 0.1) is 18.7 Å². The van der Waals surface area contributed by atoms with Gasteiger partial charge in [-0.2, -0.15) is 5.10 Å². The van der Waals surface area contributed by atoms with Crippen molar-refractivity contribution in [1.82, 2.24) is 14.7 Å². The molecule has 2 rings (SSSR count). The lowest BCUT2D eigenvalue weighted by molar-refractivity contribution is -0.134. The molecule has 18 heavy (non-hydrogen) atoms. The zero-order valence-electron chi connectivity index (χ0n) is 11.1. The maximum atomic E-state index is 12.0. The summed E-state index contributed by atoms with van der Waals surface area (Å²) in [6.07, 6.45) is 6.71. The molecule has 100 valence electrons. The molecule has 1 saturated heterocycles. The maximum Gasteiger partial charge on any atom is 0.227 e. The van der Waals surface area contributed by atoms with Crippen LogP contribution in [0.4, 0.5) is 0 Å². The smallest absolute Gasteiger partial charge is 0.227 e. The topological polar surface area (TPSA) is 47.4 Å². The van der Waals surface area contributed by atoms with Crippen molar-refractivity contribution in [3.63, 3.8) is 0 Å². The minimum atomic E-state index is 0.0772. The molecule has 0 unspecified atom stereocenters. The normalized spacial score (nSPS) is 19.1. The highest BCUT2D eigenvalue weighted by Gasteiger charge is 2.25. The van der Waals surface area contributed by atoms with E-state index in [1.807, 2.05) is 31.4 Å². The highest BCUT2D eigenvalue weighted by Crippen LogP contribution is 2.15. The third kappa shape index (κ3) is 3.32. The van der Waals surface area contributed by atoms with E-state index in [9.17, 15) is 4.79 Å². The average Bonchev–Trinajstić information content (AvgIpc) is 2.99. The number of carbonyl (C=O) groups excluding carboxylic acids is 1. The van der Waals surface area contributed by atoms with Crippen molar-refractivity contribution in [2.75, 3.05) is 26.8 Å². The molecule has 1 aromatic heterocycles. The van der Waals surface area contributed by atoms with E-state index >= 15 is 0 Å². The monoisotopic (exact) mass is 251 g/mol. The summed E-state index contributed by atoms with van der Waals surface area (Å²) in [5.74, 6) is 0.298. The van der Waals surface area contributed by atoms with Crippen molar-refractivity contribution < 1.29 is 9.53 Å². The lowest BCUT2D eigenvalue weighted by Crippen LogP contribution is -2.34. The Hall–Kier alpha value is -1.36. The van der Waals surface area contributed by atoms with Gasteiger partial charge in [0.25, 0.3) is 0 Å². The molecule has 2 heterocycles. The average molecular weight is 251 g/mol. The Morgan fingerprint density at radius 2 is 2.50 bits per heavy atom. The Labute approximate surface area is 108 Å². The SMILES string of the molecule is CN(CCCc1cnn(C)c1)C(=O)[C@H]1CCOC1. The third-order valence-electron chi connectivity index (χ3n) is 3.37. The summed E-state index contributed by atoms with van der Waals surface area (Å²) in [6, 6.07) is 0. The Morgan fingerprint density at radius 1 is 1.67 bits per heavy atom. The zero-order valence-corrected chi connectivity index (χ0v) is 11.1. The van der Waals surface area contributed by atoms with Gasteiger partial charge in [-0.05, 0) is 24.8 Å².